The number of carboxylic acid groups (broad SMARTS) is 1. The van der Waals surface area contributed by atoms with Crippen LogP contribution in [0.15, 0.2) is 11.6 Å². The second-order valence-electron chi connectivity index (χ2n) is 2.97. The van der Waals surface area contributed by atoms with Crippen molar-refractivity contribution in [3.05, 3.63) is 11.6 Å². The standard InChI is InChI=1S/C9H11NO2S/c10-5-8(9(11)12)4-7-2-1-3-13-6-7/h4,7H,1-3,6H2,(H,11,12)/b8-4+. The largest absolute Gasteiger partial charge is 0.477 e. The maximum atomic E-state index is 10.5. The zero-order valence-electron chi connectivity index (χ0n) is 7.19. The van der Waals surface area contributed by atoms with E-state index in [4.69, 9.17) is 10.4 Å². The minimum atomic E-state index is -1.11. The zero-order chi connectivity index (χ0) is 9.68. The molecule has 1 heterocycles. The molecule has 0 spiro atoms. The Bertz CT molecular complexity index is 261. The summed E-state index contributed by atoms with van der Waals surface area (Å²) >= 11 is 1.82. The lowest BCUT2D eigenvalue weighted by Gasteiger charge is -2.17. The second-order valence-corrected chi connectivity index (χ2v) is 4.12. The maximum Gasteiger partial charge on any atom is 0.346 e. The summed E-state index contributed by atoms with van der Waals surface area (Å²) in [7, 11) is 0. The van der Waals surface area contributed by atoms with Gasteiger partial charge in [-0.05, 0) is 30.3 Å². The van der Waals surface area contributed by atoms with Gasteiger partial charge < -0.3 is 5.11 Å². The Hall–Kier alpha value is -0.950. The molecule has 4 heteroatoms. The number of nitrogens with zero attached hydrogens (tertiary/aromatic N) is 1. The van der Waals surface area contributed by atoms with Gasteiger partial charge in [0.2, 0.25) is 0 Å². The summed E-state index contributed by atoms with van der Waals surface area (Å²) in [4.78, 5) is 10.5. The van der Waals surface area contributed by atoms with Crippen molar-refractivity contribution >= 4 is 17.7 Å². The zero-order valence-corrected chi connectivity index (χ0v) is 8.01. The van der Waals surface area contributed by atoms with E-state index in [0.717, 1.165) is 24.3 Å². The molecular formula is C9H11NO2S. The molecule has 1 fully saturated rings. The van der Waals surface area contributed by atoms with E-state index in [2.05, 4.69) is 0 Å². The van der Waals surface area contributed by atoms with Gasteiger partial charge in [-0.15, -0.1) is 0 Å². The van der Waals surface area contributed by atoms with E-state index in [1.165, 1.54) is 0 Å². The summed E-state index contributed by atoms with van der Waals surface area (Å²) in [6.07, 6.45) is 3.71. The van der Waals surface area contributed by atoms with E-state index in [1.54, 1.807) is 12.1 Å². The molecule has 3 nitrogen and oxygen atoms in total. The summed E-state index contributed by atoms with van der Waals surface area (Å²) in [5.74, 6) is 1.25. The van der Waals surface area contributed by atoms with Crippen molar-refractivity contribution in [2.75, 3.05) is 11.5 Å². The Balaban J connectivity index is 2.61. The molecule has 0 aromatic heterocycles. The lowest BCUT2D eigenvalue weighted by molar-refractivity contribution is -0.132. The molecule has 1 unspecified atom stereocenters. The van der Waals surface area contributed by atoms with E-state index in [0.29, 0.717) is 0 Å². The Morgan fingerprint density at radius 2 is 2.46 bits per heavy atom. The molecule has 0 aromatic carbocycles. The van der Waals surface area contributed by atoms with Gasteiger partial charge in [0, 0.05) is 0 Å². The van der Waals surface area contributed by atoms with Crippen molar-refractivity contribution in [2.24, 2.45) is 5.92 Å². The minimum Gasteiger partial charge on any atom is -0.477 e. The molecule has 0 radical (unpaired) electrons. The number of carboxylic acids is 1. The number of hydrogen-bond acceptors (Lipinski definition) is 3. The van der Waals surface area contributed by atoms with Gasteiger partial charge in [0.1, 0.15) is 11.6 Å². The molecule has 13 heavy (non-hydrogen) atoms. The van der Waals surface area contributed by atoms with Gasteiger partial charge in [-0.3, -0.25) is 0 Å². The monoisotopic (exact) mass is 197 g/mol. The van der Waals surface area contributed by atoms with E-state index >= 15 is 0 Å². The van der Waals surface area contributed by atoms with Crippen LogP contribution in [-0.2, 0) is 4.79 Å². The molecule has 1 atom stereocenters. The summed E-state index contributed by atoms with van der Waals surface area (Å²) in [6, 6.07) is 1.70. The number of carbonyl (C=O) groups is 1. The van der Waals surface area contributed by atoms with Crippen molar-refractivity contribution in [3.63, 3.8) is 0 Å². The van der Waals surface area contributed by atoms with Crippen LogP contribution in [0.25, 0.3) is 0 Å². The minimum absolute atomic E-state index is 0.118. The van der Waals surface area contributed by atoms with Gasteiger partial charge in [-0.25, -0.2) is 4.79 Å². The van der Waals surface area contributed by atoms with E-state index < -0.39 is 5.97 Å². The highest BCUT2D eigenvalue weighted by Gasteiger charge is 2.14. The Labute approximate surface area is 81.4 Å². The lowest BCUT2D eigenvalue weighted by Crippen LogP contribution is -2.10. The Kier molecular flexibility index (Phi) is 3.84. The van der Waals surface area contributed by atoms with Crippen LogP contribution in [0.3, 0.4) is 0 Å². The summed E-state index contributed by atoms with van der Waals surface area (Å²) in [5, 5.41) is 17.1. The average Bonchev–Trinajstić information content (AvgIpc) is 2.15. The van der Waals surface area contributed by atoms with Gasteiger partial charge in [-0.2, -0.15) is 17.0 Å². The summed E-state index contributed by atoms with van der Waals surface area (Å²) in [6.45, 7) is 0. The molecule has 0 amide bonds. The fourth-order valence-electron chi connectivity index (χ4n) is 1.29. The quantitative estimate of drug-likeness (QED) is 0.540. The van der Waals surface area contributed by atoms with Crippen LogP contribution in [0.1, 0.15) is 12.8 Å². The predicted octanol–water partition coefficient (Wildman–Crippen LogP) is 1.66. The fourth-order valence-corrected chi connectivity index (χ4v) is 2.39. The highest BCUT2D eigenvalue weighted by atomic mass is 32.2. The first-order valence-electron chi connectivity index (χ1n) is 4.17. The maximum absolute atomic E-state index is 10.5. The molecule has 1 aliphatic rings. The Morgan fingerprint density at radius 1 is 1.69 bits per heavy atom. The third kappa shape index (κ3) is 3.11. The van der Waals surface area contributed by atoms with Crippen LogP contribution in [0.5, 0.6) is 0 Å². The van der Waals surface area contributed by atoms with Crippen molar-refractivity contribution in [3.8, 4) is 6.07 Å². The van der Waals surface area contributed by atoms with Crippen molar-refractivity contribution < 1.29 is 9.90 Å². The molecule has 0 bridgehead atoms. The number of hydrogen-bond donors (Lipinski definition) is 1. The molecule has 0 aliphatic carbocycles. The van der Waals surface area contributed by atoms with Gasteiger partial charge in [0.15, 0.2) is 0 Å². The molecule has 0 aromatic rings. The highest BCUT2D eigenvalue weighted by Crippen LogP contribution is 2.24. The molecule has 70 valence electrons. The number of rotatable bonds is 2. The number of aliphatic carboxylic acids is 1. The third-order valence-electron chi connectivity index (χ3n) is 1.95. The normalized spacial score (nSPS) is 23.6. The smallest absolute Gasteiger partial charge is 0.346 e. The summed E-state index contributed by atoms with van der Waals surface area (Å²) < 4.78 is 0. The number of nitriles is 1. The first kappa shape index (κ1) is 10.1. The van der Waals surface area contributed by atoms with Gasteiger partial charge in [0.05, 0.1) is 0 Å². The van der Waals surface area contributed by atoms with Crippen LogP contribution < -0.4 is 0 Å². The SMILES string of the molecule is N#C/C(=C\C1CCCSC1)C(=O)O. The van der Waals surface area contributed by atoms with Gasteiger partial charge in [0.25, 0.3) is 0 Å². The first-order chi connectivity index (χ1) is 6.24. The van der Waals surface area contributed by atoms with Crippen LogP contribution in [-0.4, -0.2) is 22.6 Å². The average molecular weight is 197 g/mol. The molecular weight excluding hydrogens is 186 g/mol. The van der Waals surface area contributed by atoms with Crippen LogP contribution in [0.4, 0.5) is 0 Å². The molecule has 1 aliphatic heterocycles. The molecule has 1 saturated heterocycles. The van der Waals surface area contributed by atoms with Crippen molar-refractivity contribution in [1.82, 2.24) is 0 Å². The van der Waals surface area contributed by atoms with Crippen LogP contribution >= 0.6 is 11.8 Å². The fraction of sp³-hybridized carbons (Fsp3) is 0.556. The van der Waals surface area contributed by atoms with Crippen LogP contribution in [0, 0.1) is 17.2 Å². The topological polar surface area (TPSA) is 61.1 Å². The van der Waals surface area contributed by atoms with Crippen molar-refractivity contribution in [1.29, 1.82) is 5.26 Å². The number of thioether (sulfide) groups is 1. The van der Waals surface area contributed by atoms with Gasteiger partial charge >= 0.3 is 5.97 Å². The van der Waals surface area contributed by atoms with E-state index in [9.17, 15) is 4.79 Å². The van der Waals surface area contributed by atoms with E-state index in [1.807, 2.05) is 11.8 Å². The van der Waals surface area contributed by atoms with E-state index in [-0.39, 0.29) is 11.5 Å². The lowest BCUT2D eigenvalue weighted by atomic mass is 10.0. The molecule has 1 rings (SSSR count). The molecule has 0 saturated carbocycles. The first-order valence-corrected chi connectivity index (χ1v) is 5.32. The van der Waals surface area contributed by atoms with Crippen molar-refractivity contribution in [2.45, 2.75) is 12.8 Å². The predicted molar refractivity (Wildman–Crippen MR) is 51.4 cm³/mol. The number of allylic oxidation sites excluding steroid dienone is 1. The summed E-state index contributed by atoms with van der Waals surface area (Å²) in [5.41, 5.74) is -0.118. The Morgan fingerprint density at radius 3 is 2.92 bits per heavy atom. The second kappa shape index (κ2) is 4.93. The highest BCUT2D eigenvalue weighted by molar-refractivity contribution is 7.99. The molecule has 1 N–H and O–H groups in total. The van der Waals surface area contributed by atoms with Gasteiger partial charge in [-0.1, -0.05) is 6.08 Å². The van der Waals surface area contributed by atoms with Crippen LogP contribution in [0.2, 0.25) is 0 Å². The third-order valence-corrected chi connectivity index (χ3v) is 3.19.